The molecular weight excluding hydrogens is 292 g/mol. The molecule has 1 aromatic carbocycles. The zero-order valence-electron chi connectivity index (χ0n) is 12.0. The first-order chi connectivity index (χ1) is 9.97. The Morgan fingerprint density at radius 2 is 2.10 bits per heavy atom. The van der Waals surface area contributed by atoms with E-state index in [0.29, 0.717) is 24.7 Å². The highest BCUT2D eigenvalue weighted by atomic mass is 32.2. The van der Waals surface area contributed by atoms with Crippen molar-refractivity contribution in [2.45, 2.75) is 31.0 Å². The third-order valence-electron chi connectivity index (χ3n) is 2.95. The van der Waals surface area contributed by atoms with Crippen LogP contribution in [0.15, 0.2) is 29.4 Å². The number of rotatable bonds is 6. The fourth-order valence-electron chi connectivity index (χ4n) is 1.95. The Morgan fingerprint density at radius 3 is 2.76 bits per heavy atom. The average molecular weight is 310 g/mol. The predicted octanol–water partition coefficient (Wildman–Crippen LogP) is 1.25. The summed E-state index contributed by atoms with van der Waals surface area (Å²) in [6.07, 6.45) is 1.34. The second kappa shape index (κ2) is 6.13. The van der Waals surface area contributed by atoms with Gasteiger partial charge in [0, 0.05) is 12.6 Å². The summed E-state index contributed by atoms with van der Waals surface area (Å²) in [5.74, 6) is 0.613. The molecule has 0 aliphatic carbocycles. The lowest BCUT2D eigenvalue weighted by Gasteiger charge is -2.10. The number of aryl methyl sites for hydroxylation is 1. The van der Waals surface area contributed by atoms with Gasteiger partial charge in [-0.05, 0) is 26.0 Å². The lowest BCUT2D eigenvalue weighted by atomic mass is 10.3. The molecule has 0 saturated carbocycles. The molecule has 8 heteroatoms. The molecule has 0 atom stereocenters. The van der Waals surface area contributed by atoms with Crippen molar-refractivity contribution in [2.75, 3.05) is 12.3 Å². The van der Waals surface area contributed by atoms with Gasteiger partial charge >= 0.3 is 0 Å². The number of nitrogens with two attached hydrogens (primary N) is 1. The molecule has 1 heterocycles. The molecule has 114 valence electrons. The number of anilines is 1. The fourth-order valence-corrected chi connectivity index (χ4v) is 3.39. The summed E-state index contributed by atoms with van der Waals surface area (Å²) in [5.41, 5.74) is 5.99. The van der Waals surface area contributed by atoms with E-state index in [4.69, 9.17) is 10.5 Å². The van der Waals surface area contributed by atoms with E-state index >= 15 is 0 Å². The first-order valence-corrected chi connectivity index (χ1v) is 8.25. The largest absolute Gasteiger partial charge is 0.494 e. The fraction of sp³-hybridized carbons (Fsp3) is 0.385. The summed E-state index contributed by atoms with van der Waals surface area (Å²) in [6.45, 7) is 4.70. The van der Waals surface area contributed by atoms with E-state index in [1.165, 1.54) is 18.5 Å². The maximum absolute atomic E-state index is 12.5. The van der Waals surface area contributed by atoms with Gasteiger partial charge in [-0.2, -0.15) is 5.10 Å². The van der Waals surface area contributed by atoms with E-state index in [1.807, 2.05) is 13.8 Å². The minimum Gasteiger partial charge on any atom is -0.494 e. The molecule has 0 saturated heterocycles. The summed E-state index contributed by atoms with van der Waals surface area (Å²) in [5, 5.41) is 3.97. The van der Waals surface area contributed by atoms with Gasteiger partial charge in [-0.15, -0.1) is 0 Å². The van der Waals surface area contributed by atoms with Crippen LogP contribution in [0.3, 0.4) is 0 Å². The Balaban J connectivity index is 2.37. The first-order valence-electron chi connectivity index (χ1n) is 6.59. The van der Waals surface area contributed by atoms with E-state index in [-0.39, 0.29) is 16.3 Å². The Kier molecular flexibility index (Phi) is 4.46. The Morgan fingerprint density at radius 1 is 1.33 bits per heavy atom. The van der Waals surface area contributed by atoms with E-state index in [9.17, 15) is 8.42 Å². The van der Waals surface area contributed by atoms with Gasteiger partial charge in [-0.3, -0.25) is 0 Å². The second-order valence-corrected chi connectivity index (χ2v) is 6.34. The molecule has 0 aliphatic rings. The van der Waals surface area contributed by atoms with E-state index in [0.717, 1.165) is 0 Å². The maximum Gasteiger partial charge on any atom is 0.187 e. The normalized spacial score (nSPS) is 11.5. The summed E-state index contributed by atoms with van der Waals surface area (Å²) in [6, 6.07) is 4.62. The van der Waals surface area contributed by atoms with Crippen LogP contribution in [0.1, 0.15) is 19.7 Å². The van der Waals surface area contributed by atoms with Crippen LogP contribution in [0.25, 0.3) is 0 Å². The van der Waals surface area contributed by atoms with Gasteiger partial charge in [0.2, 0.25) is 0 Å². The molecular formula is C13H18N4O3S. The van der Waals surface area contributed by atoms with Crippen LogP contribution in [0.2, 0.25) is 0 Å². The van der Waals surface area contributed by atoms with E-state index in [1.54, 1.807) is 10.7 Å². The van der Waals surface area contributed by atoms with Gasteiger partial charge in [-0.1, -0.05) is 0 Å². The van der Waals surface area contributed by atoms with Crippen molar-refractivity contribution in [1.82, 2.24) is 14.8 Å². The predicted molar refractivity (Wildman–Crippen MR) is 78.6 cm³/mol. The molecule has 2 aromatic rings. The minimum atomic E-state index is -3.62. The molecule has 0 unspecified atom stereocenters. The Hall–Kier alpha value is -2.09. The average Bonchev–Trinajstić information content (AvgIpc) is 2.87. The van der Waals surface area contributed by atoms with Crippen molar-refractivity contribution in [2.24, 2.45) is 0 Å². The molecule has 7 nitrogen and oxygen atoms in total. The van der Waals surface area contributed by atoms with Gasteiger partial charge in [0.15, 0.2) is 9.84 Å². The summed E-state index contributed by atoms with van der Waals surface area (Å²) in [7, 11) is -3.62. The zero-order chi connectivity index (χ0) is 15.5. The van der Waals surface area contributed by atoms with Crippen LogP contribution in [0, 0.1) is 0 Å². The zero-order valence-corrected chi connectivity index (χ0v) is 12.8. The number of ether oxygens (including phenoxy) is 1. The minimum absolute atomic E-state index is 0.0547. The summed E-state index contributed by atoms with van der Waals surface area (Å²) < 4.78 is 31.9. The number of sulfone groups is 1. The highest BCUT2D eigenvalue weighted by Gasteiger charge is 2.22. The number of hydrogen-bond acceptors (Lipinski definition) is 6. The van der Waals surface area contributed by atoms with E-state index in [2.05, 4.69) is 10.1 Å². The van der Waals surface area contributed by atoms with Crippen molar-refractivity contribution in [3.63, 3.8) is 0 Å². The lowest BCUT2D eigenvalue weighted by molar-refractivity contribution is 0.339. The molecule has 0 fully saturated rings. The van der Waals surface area contributed by atoms with Crippen LogP contribution in [0.5, 0.6) is 5.75 Å². The van der Waals surface area contributed by atoms with Crippen molar-refractivity contribution in [1.29, 1.82) is 0 Å². The Labute approximate surface area is 123 Å². The van der Waals surface area contributed by atoms with Gasteiger partial charge in [-0.25, -0.2) is 18.1 Å². The van der Waals surface area contributed by atoms with Crippen molar-refractivity contribution >= 4 is 15.5 Å². The van der Waals surface area contributed by atoms with Crippen LogP contribution < -0.4 is 10.5 Å². The first kappa shape index (κ1) is 15.3. The number of benzene rings is 1. The molecule has 0 amide bonds. The highest BCUT2D eigenvalue weighted by Crippen LogP contribution is 2.26. The van der Waals surface area contributed by atoms with Gasteiger partial charge < -0.3 is 10.5 Å². The third-order valence-corrected chi connectivity index (χ3v) is 4.61. The molecule has 0 bridgehead atoms. The molecule has 21 heavy (non-hydrogen) atoms. The topological polar surface area (TPSA) is 100 Å². The number of aromatic nitrogens is 3. The van der Waals surface area contributed by atoms with Gasteiger partial charge in [0.05, 0.1) is 17.2 Å². The third kappa shape index (κ3) is 3.33. The van der Waals surface area contributed by atoms with Crippen LogP contribution in [-0.4, -0.2) is 29.8 Å². The molecule has 2 N–H and O–H groups in total. The molecule has 2 rings (SSSR count). The Bertz CT molecular complexity index is 725. The molecule has 0 spiro atoms. The molecule has 1 aromatic heterocycles. The number of hydrogen-bond donors (Lipinski definition) is 1. The van der Waals surface area contributed by atoms with Crippen molar-refractivity contribution in [3.05, 3.63) is 30.4 Å². The summed E-state index contributed by atoms with van der Waals surface area (Å²) >= 11 is 0. The number of nitrogens with zero attached hydrogens (tertiary/aromatic N) is 3. The quantitative estimate of drug-likeness (QED) is 0.806. The van der Waals surface area contributed by atoms with Gasteiger partial charge in [0.25, 0.3) is 0 Å². The summed E-state index contributed by atoms with van der Waals surface area (Å²) in [4.78, 5) is 4.04. The monoisotopic (exact) mass is 310 g/mol. The van der Waals surface area contributed by atoms with Crippen LogP contribution in [-0.2, 0) is 22.1 Å². The standard InChI is InChI=1S/C13H18N4O3S/c1-3-17-13(15-9-16-17)8-21(18,19)12-7-10(20-4-2)5-6-11(12)14/h5-7,9H,3-4,8,14H2,1-2H3. The molecule has 0 radical (unpaired) electrons. The van der Waals surface area contributed by atoms with Gasteiger partial charge in [0.1, 0.15) is 23.7 Å². The maximum atomic E-state index is 12.5. The second-order valence-electron chi connectivity index (χ2n) is 4.38. The van der Waals surface area contributed by atoms with Crippen LogP contribution >= 0.6 is 0 Å². The van der Waals surface area contributed by atoms with Crippen LogP contribution in [0.4, 0.5) is 5.69 Å². The van der Waals surface area contributed by atoms with Crippen molar-refractivity contribution in [3.8, 4) is 5.75 Å². The van der Waals surface area contributed by atoms with Crippen molar-refractivity contribution < 1.29 is 13.2 Å². The van der Waals surface area contributed by atoms with E-state index < -0.39 is 9.84 Å². The highest BCUT2D eigenvalue weighted by molar-refractivity contribution is 7.90. The smallest absolute Gasteiger partial charge is 0.187 e. The molecule has 0 aliphatic heterocycles. The number of nitrogen functional groups attached to an aromatic ring is 1. The SMILES string of the molecule is CCOc1ccc(N)c(S(=O)(=O)Cc2ncnn2CC)c1. The lowest BCUT2D eigenvalue weighted by Crippen LogP contribution is -2.13.